The molecular weight excluding hydrogens is 442 g/mol. The first-order valence-electron chi connectivity index (χ1n) is 9.52. The molecule has 1 aromatic carbocycles. The van der Waals surface area contributed by atoms with Gasteiger partial charge in [-0.3, -0.25) is 9.80 Å². The van der Waals surface area contributed by atoms with Crippen LogP contribution in [0.4, 0.5) is 0 Å². The van der Waals surface area contributed by atoms with Gasteiger partial charge in [-0.1, -0.05) is 0 Å². The van der Waals surface area contributed by atoms with Crippen LogP contribution in [0.1, 0.15) is 38.8 Å². The second-order valence-corrected chi connectivity index (χ2v) is 10.6. The molecule has 1 aromatic rings. The van der Waals surface area contributed by atoms with E-state index in [1.165, 1.54) is 0 Å². The van der Waals surface area contributed by atoms with Crippen molar-refractivity contribution in [2.45, 2.75) is 62.3 Å². The number of halogens is 4. The molecule has 0 aromatic heterocycles. The highest BCUT2D eigenvalue weighted by molar-refractivity contribution is 6.21. The lowest BCUT2D eigenvalue weighted by atomic mass is 10.1. The van der Waals surface area contributed by atoms with E-state index in [4.69, 9.17) is 46.4 Å². The van der Waals surface area contributed by atoms with E-state index in [2.05, 4.69) is 9.80 Å². The molecule has 0 aliphatic heterocycles. The average molecular weight is 474 g/mol. The van der Waals surface area contributed by atoms with Gasteiger partial charge in [0.15, 0.2) is 0 Å². The molecule has 0 spiro atoms. The lowest BCUT2D eigenvalue weighted by Crippen LogP contribution is -2.33. The molecule has 0 saturated heterocycles. The van der Waals surface area contributed by atoms with Gasteiger partial charge in [-0.15, -0.1) is 46.4 Å². The Bertz CT molecular complexity index is 526. The molecule has 1 rings (SSSR count). The van der Waals surface area contributed by atoms with E-state index < -0.39 is 0 Å². The summed E-state index contributed by atoms with van der Waals surface area (Å²) in [5, 5.41) is 20.9. The molecule has 0 aliphatic carbocycles. The SMILES string of the molecule is C[C@@H](Cl)CN(Cc1cc(O)c(CN(C[C@@H](C)Cl)C[C@@H](C)Cl)cc1O)C[C@@H](C)Cl. The summed E-state index contributed by atoms with van der Waals surface area (Å²) in [6.45, 7) is 11.1. The number of alkyl halides is 4. The highest BCUT2D eigenvalue weighted by Gasteiger charge is 2.18. The average Bonchev–Trinajstić information content (AvgIpc) is 2.49. The van der Waals surface area contributed by atoms with E-state index >= 15 is 0 Å². The van der Waals surface area contributed by atoms with Crippen LogP contribution in [0, 0.1) is 0 Å². The summed E-state index contributed by atoms with van der Waals surface area (Å²) in [4.78, 5) is 4.14. The topological polar surface area (TPSA) is 46.9 Å². The monoisotopic (exact) mass is 472 g/mol. The molecule has 28 heavy (non-hydrogen) atoms. The first-order chi connectivity index (χ1) is 13.0. The van der Waals surface area contributed by atoms with E-state index in [-0.39, 0.29) is 33.0 Å². The molecule has 8 heteroatoms. The van der Waals surface area contributed by atoms with Crippen molar-refractivity contribution in [1.29, 1.82) is 0 Å². The standard InChI is InChI=1S/C20H32Cl4N2O2/c1-13(21)7-25(8-14(2)22)11-17-5-20(28)18(6-19(17)27)12-26(9-15(3)23)10-16(4)24/h5-6,13-16,27-28H,7-12H2,1-4H3/t13-,14-,15-,16-/m1/s1. The Kier molecular flexibility index (Phi) is 11.6. The molecule has 0 aliphatic rings. The summed E-state index contributed by atoms with van der Waals surface area (Å²) < 4.78 is 0. The van der Waals surface area contributed by atoms with Crippen LogP contribution in [0.2, 0.25) is 0 Å². The molecule has 0 unspecified atom stereocenters. The maximum atomic E-state index is 10.5. The Morgan fingerprint density at radius 2 is 0.893 bits per heavy atom. The third-order valence-corrected chi connectivity index (χ3v) is 4.66. The van der Waals surface area contributed by atoms with E-state index in [9.17, 15) is 10.2 Å². The number of benzene rings is 1. The number of nitrogens with zero attached hydrogens (tertiary/aromatic N) is 2. The lowest BCUT2D eigenvalue weighted by Gasteiger charge is -2.27. The fraction of sp³-hybridized carbons (Fsp3) is 0.700. The number of aromatic hydroxyl groups is 2. The minimum atomic E-state index is -0.0472. The second kappa shape index (κ2) is 12.6. The smallest absolute Gasteiger partial charge is 0.120 e. The lowest BCUT2D eigenvalue weighted by molar-refractivity contribution is 0.261. The molecule has 0 radical (unpaired) electrons. The largest absolute Gasteiger partial charge is 0.508 e. The van der Waals surface area contributed by atoms with Gasteiger partial charge in [0.1, 0.15) is 11.5 Å². The predicted molar refractivity (Wildman–Crippen MR) is 122 cm³/mol. The number of rotatable bonds is 12. The molecule has 0 fully saturated rings. The van der Waals surface area contributed by atoms with Gasteiger partial charge in [0, 0.05) is 71.9 Å². The first kappa shape index (κ1) is 25.9. The number of hydrogen-bond donors (Lipinski definition) is 2. The summed E-state index contributed by atoms with van der Waals surface area (Å²) >= 11 is 24.5. The third-order valence-electron chi connectivity index (χ3n) is 4.11. The van der Waals surface area contributed by atoms with E-state index in [0.29, 0.717) is 50.4 Å². The fourth-order valence-electron chi connectivity index (χ4n) is 3.23. The van der Waals surface area contributed by atoms with Crippen LogP contribution in [0.5, 0.6) is 11.5 Å². The summed E-state index contributed by atoms with van der Waals surface area (Å²) in [5.41, 5.74) is 1.28. The van der Waals surface area contributed by atoms with Crippen molar-refractivity contribution in [3.05, 3.63) is 23.3 Å². The van der Waals surface area contributed by atoms with Gasteiger partial charge in [-0.05, 0) is 39.8 Å². The fourth-order valence-corrected chi connectivity index (χ4v) is 4.01. The Balaban J connectivity index is 2.97. The molecule has 2 N–H and O–H groups in total. The summed E-state index contributed by atoms with van der Waals surface area (Å²) in [5.74, 6) is 0.278. The van der Waals surface area contributed by atoms with Crippen LogP contribution in [0.25, 0.3) is 0 Å². The van der Waals surface area contributed by atoms with Crippen molar-refractivity contribution in [1.82, 2.24) is 9.80 Å². The highest BCUT2D eigenvalue weighted by Crippen LogP contribution is 2.30. The quantitative estimate of drug-likeness (QED) is 0.323. The first-order valence-corrected chi connectivity index (χ1v) is 11.3. The minimum Gasteiger partial charge on any atom is -0.508 e. The minimum absolute atomic E-state index is 0.0472. The van der Waals surface area contributed by atoms with Gasteiger partial charge in [-0.25, -0.2) is 0 Å². The van der Waals surface area contributed by atoms with Crippen molar-refractivity contribution in [3.8, 4) is 11.5 Å². The zero-order chi connectivity index (χ0) is 21.4. The van der Waals surface area contributed by atoms with E-state index in [0.717, 1.165) is 0 Å². The molecule has 162 valence electrons. The third kappa shape index (κ3) is 10.1. The van der Waals surface area contributed by atoms with E-state index in [1.54, 1.807) is 12.1 Å². The Labute approximate surface area is 189 Å². The number of phenols is 2. The van der Waals surface area contributed by atoms with Gasteiger partial charge in [-0.2, -0.15) is 0 Å². The van der Waals surface area contributed by atoms with Crippen molar-refractivity contribution >= 4 is 46.4 Å². The highest BCUT2D eigenvalue weighted by atomic mass is 35.5. The maximum absolute atomic E-state index is 10.5. The molecule has 0 heterocycles. The van der Waals surface area contributed by atoms with Gasteiger partial charge in [0.25, 0.3) is 0 Å². The van der Waals surface area contributed by atoms with Crippen LogP contribution < -0.4 is 0 Å². The maximum Gasteiger partial charge on any atom is 0.120 e. The van der Waals surface area contributed by atoms with Crippen LogP contribution >= 0.6 is 46.4 Å². The normalized spacial score (nSPS) is 16.4. The summed E-state index contributed by atoms with van der Waals surface area (Å²) in [6.07, 6.45) is 0. The van der Waals surface area contributed by atoms with Gasteiger partial charge >= 0.3 is 0 Å². The Morgan fingerprint density at radius 1 is 0.643 bits per heavy atom. The van der Waals surface area contributed by atoms with Crippen LogP contribution in [-0.2, 0) is 13.1 Å². The van der Waals surface area contributed by atoms with Crippen molar-refractivity contribution in [3.63, 3.8) is 0 Å². The van der Waals surface area contributed by atoms with Crippen molar-refractivity contribution in [2.75, 3.05) is 26.2 Å². The Hall–Kier alpha value is -0.100. The number of phenolic OH excluding ortho intramolecular Hbond substituents is 2. The Morgan fingerprint density at radius 3 is 1.11 bits per heavy atom. The van der Waals surface area contributed by atoms with Gasteiger partial charge in [0.2, 0.25) is 0 Å². The zero-order valence-electron chi connectivity index (χ0n) is 17.0. The summed E-state index contributed by atoms with van der Waals surface area (Å²) in [7, 11) is 0. The van der Waals surface area contributed by atoms with Crippen LogP contribution in [0.15, 0.2) is 12.1 Å². The predicted octanol–water partition coefficient (Wildman–Crippen LogP) is 5.21. The number of hydrogen-bond acceptors (Lipinski definition) is 4. The van der Waals surface area contributed by atoms with Gasteiger partial charge < -0.3 is 10.2 Å². The van der Waals surface area contributed by atoms with Crippen LogP contribution in [-0.4, -0.2) is 67.7 Å². The van der Waals surface area contributed by atoms with Crippen LogP contribution in [0.3, 0.4) is 0 Å². The molecule has 4 nitrogen and oxygen atoms in total. The zero-order valence-corrected chi connectivity index (χ0v) is 20.0. The van der Waals surface area contributed by atoms with E-state index in [1.807, 2.05) is 27.7 Å². The summed E-state index contributed by atoms with van der Waals surface area (Å²) in [6, 6.07) is 3.23. The molecule has 0 saturated carbocycles. The molecular formula is C20H32Cl4N2O2. The molecule has 0 amide bonds. The molecule has 4 atom stereocenters. The van der Waals surface area contributed by atoms with Crippen molar-refractivity contribution in [2.24, 2.45) is 0 Å². The van der Waals surface area contributed by atoms with Gasteiger partial charge in [0.05, 0.1) is 0 Å². The second-order valence-electron chi connectivity index (χ2n) is 7.62. The van der Waals surface area contributed by atoms with Crippen molar-refractivity contribution < 1.29 is 10.2 Å². The molecule has 0 bridgehead atoms.